The van der Waals surface area contributed by atoms with Gasteiger partial charge >= 0.3 is 13.6 Å². The van der Waals surface area contributed by atoms with Gasteiger partial charge in [-0.1, -0.05) is 20.4 Å². The van der Waals surface area contributed by atoms with Crippen molar-refractivity contribution in [1.82, 2.24) is 0 Å². The van der Waals surface area contributed by atoms with Crippen molar-refractivity contribution in [3.63, 3.8) is 0 Å². The van der Waals surface area contributed by atoms with Crippen LogP contribution in [0.15, 0.2) is 12.7 Å². The van der Waals surface area contributed by atoms with Gasteiger partial charge in [0, 0.05) is 0 Å². The summed E-state index contributed by atoms with van der Waals surface area (Å²) in [4.78, 5) is 28.4. The summed E-state index contributed by atoms with van der Waals surface area (Å²) >= 11 is 0. The first-order valence-electron chi connectivity index (χ1n) is 4.68. The molecule has 0 saturated heterocycles. The third-order valence-corrected chi connectivity index (χ3v) is 2.89. The number of rotatable bonds is 6. The van der Waals surface area contributed by atoms with Gasteiger partial charge in [-0.2, -0.15) is 0 Å². The van der Waals surface area contributed by atoms with Crippen LogP contribution in [0.3, 0.4) is 0 Å². The van der Waals surface area contributed by atoms with E-state index in [1.54, 1.807) is 0 Å². The van der Waals surface area contributed by atoms with E-state index in [-0.39, 0.29) is 0 Å². The van der Waals surface area contributed by atoms with E-state index in [1.807, 2.05) is 13.8 Å². The fourth-order valence-corrected chi connectivity index (χ4v) is 1.55. The molecular formula is C9H17O5P. The van der Waals surface area contributed by atoms with Crippen molar-refractivity contribution >= 4 is 13.6 Å². The topological polar surface area (TPSA) is 83.8 Å². The Morgan fingerprint density at radius 1 is 1.47 bits per heavy atom. The SMILES string of the molecule is C=CC(CC)(CC)OC(=O)CP(=O)(O)O. The highest BCUT2D eigenvalue weighted by atomic mass is 31.2. The minimum absolute atomic E-state index is 0.528. The van der Waals surface area contributed by atoms with Crippen LogP contribution in [-0.2, 0) is 14.1 Å². The lowest BCUT2D eigenvalue weighted by molar-refractivity contribution is -0.152. The van der Waals surface area contributed by atoms with Gasteiger partial charge in [0.2, 0.25) is 0 Å². The monoisotopic (exact) mass is 236 g/mol. The van der Waals surface area contributed by atoms with E-state index < -0.39 is 25.3 Å². The van der Waals surface area contributed by atoms with E-state index in [1.165, 1.54) is 6.08 Å². The Bertz CT molecular complexity index is 276. The molecule has 15 heavy (non-hydrogen) atoms. The normalized spacial score (nSPS) is 12.3. The zero-order valence-corrected chi connectivity index (χ0v) is 9.87. The second-order valence-corrected chi connectivity index (χ2v) is 4.92. The second-order valence-electron chi connectivity index (χ2n) is 3.27. The number of hydrogen-bond acceptors (Lipinski definition) is 3. The quantitative estimate of drug-likeness (QED) is 0.414. The van der Waals surface area contributed by atoms with Crippen molar-refractivity contribution in [3.05, 3.63) is 12.7 Å². The Kier molecular flexibility index (Phi) is 5.21. The van der Waals surface area contributed by atoms with E-state index in [2.05, 4.69) is 6.58 Å². The summed E-state index contributed by atoms with van der Waals surface area (Å²) in [5.41, 5.74) is -0.813. The molecule has 0 bridgehead atoms. The Labute approximate surface area is 89.3 Å². The summed E-state index contributed by atoms with van der Waals surface area (Å²) in [5, 5.41) is 0. The van der Waals surface area contributed by atoms with Crippen molar-refractivity contribution in [2.24, 2.45) is 0 Å². The predicted octanol–water partition coefficient (Wildman–Crippen LogP) is 1.45. The van der Waals surface area contributed by atoms with Crippen LogP contribution in [0.1, 0.15) is 26.7 Å². The Morgan fingerprint density at radius 3 is 2.20 bits per heavy atom. The fraction of sp³-hybridized carbons (Fsp3) is 0.667. The highest BCUT2D eigenvalue weighted by Crippen LogP contribution is 2.35. The molecule has 0 aliphatic heterocycles. The zero-order valence-electron chi connectivity index (χ0n) is 8.97. The maximum absolute atomic E-state index is 11.2. The maximum atomic E-state index is 11.2. The molecule has 0 rings (SSSR count). The molecule has 0 aromatic rings. The van der Waals surface area contributed by atoms with Gasteiger partial charge in [-0.25, -0.2) is 0 Å². The van der Waals surface area contributed by atoms with E-state index in [0.29, 0.717) is 12.8 Å². The largest absolute Gasteiger partial charge is 0.454 e. The molecule has 6 heteroatoms. The molecule has 88 valence electrons. The molecule has 5 nitrogen and oxygen atoms in total. The minimum atomic E-state index is -4.35. The van der Waals surface area contributed by atoms with E-state index in [9.17, 15) is 9.36 Å². The predicted molar refractivity (Wildman–Crippen MR) is 56.5 cm³/mol. The van der Waals surface area contributed by atoms with Gasteiger partial charge in [-0.15, -0.1) is 0 Å². The van der Waals surface area contributed by atoms with Crippen molar-refractivity contribution in [2.45, 2.75) is 32.3 Å². The van der Waals surface area contributed by atoms with Crippen LogP contribution in [0.25, 0.3) is 0 Å². The summed E-state index contributed by atoms with van der Waals surface area (Å²) in [5.74, 6) is -0.896. The number of hydrogen-bond donors (Lipinski definition) is 2. The average molecular weight is 236 g/mol. The van der Waals surface area contributed by atoms with Crippen molar-refractivity contribution in [1.29, 1.82) is 0 Å². The Balaban J connectivity index is 4.50. The lowest BCUT2D eigenvalue weighted by Gasteiger charge is -2.27. The molecule has 0 heterocycles. The van der Waals surface area contributed by atoms with Gasteiger partial charge in [0.05, 0.1) is 0 Å². The number of esters is 1. The van der Waals surface area contributed by atoms with E-state index in [4.69, 9.17) is 14.5 Å². The first-order chi connectivity index (χ1) is 6.78. The molecule has 0 aromatic carbocycles. The fourth-order valence-electron chi connectivity index (χ4n) is 1.15. The molecule has 2 N–H and O–H groups in total. The lowest BCUT2D eigenvalue weighted by Crippen LogP contribution is -2.32. The Morgan fingerprint density at radius 2 is 1.93 bits per heavy atom. The maximum Gasteiger partial charge on any atom is 0.336 e. The van der Waals surface area contributed by atoms with Crippen LogP contribution in [0.2, 0.25) is 0 Å². The van der Waals surface area contributed by atoms with Crippen LogP contribution in [0.5, 0.6) is 0 Å². The highest BCUT2D eigenvalue weighted by molar-refractivity contribution is 7.52. The second kappa shape index (κ2) is 5.45. The van der Waals surface area contributed by atoms with Gasteiger partial charge in [-0.05, 0) is 18.9 Å². The van der Waals surface area contributed by atoms with E-state index >= 15 is 0 Å². The molecule has 0 fully saturated rings. The number of carbonyl (C=O) groups excluding carboxylic acids is 1. The van der Waals surface area contributed by atoms with Crippen LogP contribution >= 0.6 is 7.60 Å². The zero-order chi connectivity index (χ0) is 12.1. The number of ether oxygens (including phenoxy) is 1. The standard InChI is InChI=1S/C9H17O5P/c1-4-9(5-2,6-3)14-8(10)7-15(11,12)13/h4H,1,5-7H2,2-3H3,(H2,11,12,13). The van der Waals surface area contributed by atoms with Crippen molar-refractivity contribution < 1.29 is 23.9 Å². The number of carbonyl (C=O) groups is 1. The molecule has 0 atom stereocenters. The molecule has 0 aliphatic rings. The summed E-state index contributed by atoms with van der Waals surface area (Å²) in [7, 11) is -4.35. The lowest BCUT2D eigenvalue weighted by atomic mass is 9.97. The van der Waals surface area contributed by atoms with Gasteiger partial charge in [0.15, 0.2) is 0 Å². The molecule has 0 spiro atoms. The minimum Gasteiger partial charge on any atom is -0.454 e. The van der Waals surface area contributed by atoms with Crippen LogP contribution < -0.4 is 0 Å². The molecule has 0 saturated carbocycles. The van der Waals surface area contributed by atoms with Gasteiger partial charge in [-0.3, -0.25) is 9.36 Å². The Hall–Kier alpha value is -0.640. The van der Waals surface area contributed by atoms with Crippen LogP contribution in [-0.4, -0.2) is 27.5 Å². The van der Waals surface area contributed by atoms with Crippen LogP contribution in [0, 0.1) is 0 Å². The summed E-state index contributed by atoms with van der Waals surface area (Å²) in [6.07, 6.45) is 1.66. The third-order valence-electron chi connectivity index (χ3n) is 2.22. The molecule has 0 aliphatic carbocycles. The summed E-state index contributed by atoms with van der Waals surface area (Å²) in [6.45, 7) is 7.18. The smallest absolute Gasteiger partial charge is 0.336 e. The summed E-state index contributed by atoms with van der Waals surface area (Å²) < 4.78 is 15.6. The molecule has 0 aromatic heterocycles. The molecule has 0 amide bonds. The highest BCUT2D eigenvalue weighted by Gasteiger charge is 2.30. The van der Waals surface area contributed by atoms with Gasteiger partial charge in [0.25, 0.3) is 0 Å². The van der Waals surface area contributed by atoms with Gasteiger partial charge < -0.3 is 14.5 Å². The van der Waals surface area contributed by atoms with Gasteiger partial charge in [0.1, 0.15) is 11.8 Å². The van der Waals surface area contributed by atoms with Crippen molar-refractivity contribution in [3.8, 4) is 0 Å². The first-order valence-corrected chi connectivity index (χ1v) is 6.48. The first kappa shape index (κ1) is 14.4. The molecule has 0 unspecified atom stereocenters. The average Bonchev–Trinajstić information content (AvgIpc) is 2.11. The molecule has 0 radical (unpaired) electrons. The molecular weight excluding hydrogens is 219 g/mol. The third kappa shape index (κ3) is 5.11. The van der Waals surface area contributed by atoms with Crippen LogP contribution in [0.4, 0.5) is 0 Å². The van der Waals surface area contributed by atoms with E-state index in [0.717, 1.165) is 0 Å². The summed E-state index contributed by atoms with van der Waals surface area (Å²) in [6, 6.07) is 0. The van der Waals surface area contributed by atoms with Crippen molar-refractivity contribution in [2.75, 3.05) is 6.16 Å².